The molecule has 0 atom stereocenters. The fraction of sp³-hybridized carbons (Fsp3) is 0.778. The van der Waals surface area contributed by atoms with Crippen LogP contribution in [0.1, 0.15) is 13.8 Å². The van der Waals surface area contributed by atoms with Gasteiger partial charge in [-0.2, -0.15) is 0 Å². The molecule has 0 N–H and O–H groups in total. The van der Waals surface area contributed by atoms with Crippen LogP contribution in [0.3, 0.4) is 0 Å². The predicted molar refractivity (Wildman–Crippen MR) is 54.5 cm³/mol. The summed E-state index contributed by atoms with van der Waals surface area (Å²) in [5.41, 5.74) is 0. The lowest BCUT2D eigenvalue weighted by atomic mass is 10.5. The Labute approximate surface area is 75.4 Å². The van der Waals surface area contributed by atoms with Gasteiger partial charge in [0, 0.05) is 6.92 Å². The summed E-state index contributed by atoms with van der Waals surface area (Å²) in [4.78, 5) is 6.11. The summed E-state index contributed by atoms with van der Waals surface area (Å²) in [6.45, 7) is 11.6. The van der Waals surface area contributed by atoms with Crippen LogP contribution in [0.2, 0.25) is 0 Å². The number of aliphatic imine (C=N–C) groups is 1. The zero-order valence-corrected chi connectivity index (χ0v) is 8.45. The maximum Gasteiger partial charge on any atom is 0.234 e. The molecule has 70 valence electrons. The monoisotopic (exact) mass is 170 g/mol. The average Bonchev–Trinajstić information content (AvgIpc) is 2.11. The number of nitrogens with zero attached hydrogens (tertiary/aromatic N) is 3. The molecule has 3 heteroatoms. The minimum Gasteiger partial charge on any atom is -0.301 e. The summed E-state index contributed by atoms with van der Waals surface area (Å²) >= 11 is 0. The first-order valence-corrected chi connectivity index (χ1v) is 4.39. The molecule has 0 fully saturated rings. The zero-order valence-electron chi connectivity index (χ0n) is 8.45. The minimum absolute atomic E-state index is 0.702. The molecule has 0 aliphatic rings. The normalized spacial score (nSPS) is 12.2. The second-order valence-corrected chi connectivity index (χ2v) is 2.83. The summed E-state index contributed by atoms with van der Waals surface area (Å²) < 4.78 is 2.15. The molecule has 0 aromatic rings. The van der Waals surface area contributed by atoms with E-state index in [-0.39, 0.29) is 0 Å². The van der Waals surface area contributed by atoms with E-state index >= 15 is 0 Å². The van der Waals surface area contributed by atoms with E-state index in [1.165, 1.54) is 0 Å². The quantitative estimate of drug-likeness (QED) is 0.424. The van der Waals surface area contributed by atoms with E-state index in [4.69, 9.17) is 0 Å². The highest BCUT2D eigenvalue weighted by molar-refractivity contribution is 5.46. The largest absolute Gasteiger partial charge is 0.301 e. The van der Waals surface area contributed by atoms with Gasteiger partial charge in [0.05, 0.1) is 6.54 Å². The Hall–Kier alpha value is -0.700. The lowest BCUT2D eigenvalue weighted by Gasteiger charge is -2.11. The van der Waals surface area contributed by atoms with Crippen molar-refractivity contribution in [1.29, 1.82) is 0 Å². The molecule has 0 bridgehead atoms. The molecule has 0 saturated heterocycles. The van der Waals surface area contributed by atoms with Gasteiger partial charge in [-0.1, -0.05) is 6.92 Å². The van der Waals surface area contributed by atoms with E-state index < -0.39 is 0 Å². The molecule has 0 amide bonds. The van der Waals surface area contributed by atoms with Gasteiger partial charge in [-0.3, -0.25) is 0 Å². The van der Waals surface area contributed by atoms with Gasteiger partial charge in [0.1, 0.15) is 6.21 Å². The number of hydrogen-bond donors (Lipinski definition) is 0. The number of likely N-dealkylation sites (N-methyl/N-ethyl adjacent to an activating group) is 1. The third-order valence-corrected chi connectivity index (χ3v) is 1.96. The highest BCUT2D eigenvalue weighted by Crippen LogP contribution is 1.82. The van der Waals surface area contributed by atoms with Crippen LogP contribution in [0.4, 0.5) is 0 Å². The Morgan fingerprint density at radius 3 is 2.67 bits per heavy atom. The second kappa shape index (κ2) is 6.98. The molecule has 0 aliphatic carbocycles. The van der Waals surface area contributed by atoms with Crippen LogP contribution < -0.4 is 0 Å². The van der Waals surface area contributed by atoms with Crippen LogP contribution >= 0.6 is 0 Å². The van der Waals surface area contributed by atoms with Crippen LogP contribution in [-0.4, -0.2) is 55.8 Å². The van der Waals surface area contributed by atoms with E-state index in [1.54, 1.807) is 0 Å². The smallest absolute Gasteiger partial charge is 0.234 e. The van der Waals surface area contributed by atoms with Crippen LogP contribution in [0.15, 0.2) is 4.99 Å². The molecule has 0 aromatic carbocycles. The van der Waals surface area contributed by atoms with E-state index in [0.717, 1.165) is 19.6 Å². The molecule has 0 saturated carbocycles. The van der Waals surface area contributed by atoms with Crippen molar-refractivity contribution in [3.8, 4) is 0 Å². The van der Waals surface area contributed by atoms with Crippen molar-refractivity contribution >= 4 is 12.9 Å². The van der Waals surface area contributed by atoms with E-state index in [9.17, 15) is 0 Å². The van der Waals surface area contributed by atoms with Crippen molar-refractivity contribution in [3.05, 3.63) is 0 Å². The summed E-state index contributed by atoms with van der Waals surface area (Å²) in [5, 5.41) is 0. The van der Waals surface area contributed by atoms with Gasteiger partial charge in [-0.15, -0.1) is 0 Å². The van der Waals surface area contributed by atoms with E-state index in [1.807, 2.05) is 6.92 Å². The van der Waals surface area contributed by atoms with Gasteiger partial charge in [0.2, 0.25) is 6.67 Å². The Kier molecular flexibility index (Phi) is 6.57. The Morgan fingerprint density at radius 2 is 2.25 bits per heavy atom. The van der Waals surface area contributed by atoms with Crippen molar-refractivity contribution in [2.45, 2.75) is 13.8 Å². The first-order chi connectivity index (χ1) is 5.74. The lowest BCUT2D eigenvalue weighted by molar-refractivity contribution is -0.521. The summed E-state index contributed by atoms with van der Waals surface area (Å²) in [6, 6.07) is 0. The van der Waals surface area contributed by atoms with Gasteiger partial charge >= 0.3 is 0 Å². The van der Waals surface area contributed by atoms with Gasteiger partial charge in [0.25, 0.3) is 0 Å². The van der Waals surface area contributed by atoms with Gasteiger partial charge in [0.15, 0.2) is 6.54 Å². The average molecular weight is 170 g/mol. The minimum atomic E-state index is 0.702. The topological polar surface area (TPSA) is 18.6 Å². The molecule has 0 radical (unpaired) electrons. The summed E-state index contributed by atoms with van der Waals surface area (Å²) in [7, 11) is 2.12. The van der Waals surface area contributed by atoms with Crippen LogP contribution in [0, 0.1) is 0 Å². The standard InChI is InChI=1S/C9H20N3/c1-5-11(4)7-8-12(6-2)9-10-3/h6H,3,5,7-9H2,1-2,4H3/q+1. The van der Waals surface area contributed by atoms with Gasteiger partial charge < -0.3 is 4.90 Å². The third-order valence-electron chi connectivity index (χ3n) is 1.96. The fourth-order valence-electron chi connectivity index (χ4n) is 0.867. The third kappa shape index (κ3) is 5.02. The van der Waals surface area contributed by atoms with E-state index in [2.05, 4.69) is 41.4 Å². The molecule has 3 nitrogen and oxygen atoms in total. The molecule has 0 heterocycles. The maximum absolute atomic E-state index is 3.84. The number of rotatable bonds is 6. The fourth-order valence-corrected chi connectivity index (χ4v) is 0.867. The molecule has 0 aromatic heterocycles. The number of hydrogen-bond acceptors (Lipinski definition) is 2. The van der Waals surface area contributed by atoms with Crippen LogP contribution in [0.25, 0.3) is 0 Å². The molecule has 0 spiro atoms. The van der Waals surface area contributed by atoms with Crippen LogP contribution in [0.5, 0.6) is 0 Å². The first kappa shape index (κ1) is 11.3. The first-order valence-electron chi connectivity index (χ1n) is 4.39. The van der Waals surface area contributed by atoms with Gasteiger partial charge in [-0.25, -0.2) is 9.57 Å². The van der Waals surface area contributed by atoms with Gasteiger partial charge in [-0.05, 0) is 20.3 Å². The molecule has 0 aliphatic heterocycles. The van der Waals surface area contributed by atoms with Crippen molar-refractivity contribution in [3.63, 3.8) is 0 Å². The molecular weight excluding hydrogens is 150 g/mol. The summed E-state index contributed by atoms with van der Waals surface area (Å²) in [5.74, 6) is 0. The molecule has 12 heavy (non-hydrogen) atoms. The van der Waals surface area contributed by atoms with Crippen molar-refractivity contribution in [2.75, 3.05) is 33.4 Å². The Balaban J connectivity index is 3.65. The molecular formula is C9H20N3+. The summed E-state index contributed by atoms with van der Waals surface area (Å²) in [6.07, 6.45) is 2.05. The maximum atomic E-state index is 3.84. The molecule has 0 rings (SSSR count). The van der Waals surface area contributed by atoms with Crippen molar-refractivity contribution in [2.24, 2.45) is 4.99 Å². The van der Waals surface area contributed by atoms with Crippen molar-refractivity contribution < 1.29 is 4.58 Å². The highest BCUT2D eigenvalue weighted by Gasteiger charge is 2.01. The highest BCUT2D eigenvalue weighted by atomic mass is 15.1. The zero-order chi connectivity index (χ0) is 9.40. The molecule has 0 unspecified atom stereocenters. The SMILES string of the molecule is C=NC[N+](=CC)CCN(C)CC. The van der Waals surface area contributed by atoms with Crippen molar-refractivity contribution in [1.82, 2.24) is 4.90 Å². The Morgan fingerprint density at radius 1 is 1.58 bits per heavy atom. The Bertz CT molecular complexity index is 152. The lowest BCUT2D eigenvalue weighted by Crippen LogP contribution is -2.28. The van der Waals surface area contributed by atoms with Crippen LogP contribution in [-0.2, 0) is 0 Å². The second-order valence-electron chi connectivity index (χ2n) is 2.83. The predicted octanol–water partition coefficient (Wildman–Crippen LogP) is 0.699. The van der Waals surface area contributed by atoms with E-state index in [0.29, 0.717) is 6.67 Å².